The summed E-state index contributed by atoms with van der Waals surface area (Å²) >= 11 is 0. The van der Waals surface area contributed by atoms with E-state index in [1.807, 2.05) is 14.1 Å². The minimum absolute atomic E-state index is 0.0501. The SMILES string of the molecule is COc1cccc(OCC(=O)NCCCN(C)C)c1OC. The van der Waals surface area contributed by atoms with Gasteiger partial charge < -0.3 is 24.4 Å². The second-order valence-corrected chi connectivity index (χ2v) is 4.79. The number of amides is 1. The predicted molar refractivity (Wildman–Crippen MR) is 81.2 cm³/mol. The van der Waals surface area contributed by atoms with E-state index in [2.05, 4.69) is 10.2 Å². The van der Waals surface area contributed by atoms with Gasteiger partial charge in [0.05, 0.1) is 14.2 Å². The van der Waals surface area contributed by atoms with Crippen LogP contribution in [0.3, 0.4) is 0 Å². The van der Waals surface area contributed by atoms with E-state index < -0.39 is 0 Å². The van der Waals surface area contributed by atoms with Gasteiger partial charge in [-0.1, -0.05) is 6.07 Å². The van der Waals surface area contributed by atoms with E-state index in [0.717, 1.165) is 13.0 Å². The Bertz CT molecular complexity index is 449. The topological polar surface area (TPSA) is 60.0 Å². The van der Waals surface area contributed by atoms with Crippen LogP contribution in [0.5, 0.6) is 17.2 Å². The lowest BCUT2D eigenvalue weighted by atomic mass is 10.3. The van der Waals surface area contributed by atoms with Crippen molar-refractivity contribution in [1.82, 2.24) is 10.2 Å². The van der Waals surface area contributed by atoms with Crippen LogP contribution in [-0.4, -0.2) is 58.8 Å². The van der Waals surface area contributed by atoms with Crippen molar-refractivity contribution < 1.29 is 19.0 Å². The van der Waals surface area contributed by atoms with Crippen molar-refractivity contribution in [1.29, 1.82) is 0 Å². The fourth-order valence-electron chi connectivity index (χ4n) is 1.79. The first-order valence-electron chi connectivity index (χ1n) is 6.83. The summed E-state index contributed by atoms with van der Waals surface area (Å²) in [7, 11) is 7.09. The summed E-state index contributed by atoms with van der Waals surface area (Å²) in [5.41, 5.74) is 0. The van der Waals surface area contributed by atoms with Crippen LogP contribution in [0, 0.1) is 0 Å². The number of nitrogens with one attached hydrogen (secondary N) is 1. The van der Waals surface area contributed by atoms with E-state index in [-0.39, 0.29) is 12.5 Å². The smallest absolute Gasteiger partial charge is 0.257 e. The number of hydrogen-bond donors (Lipinski definition) is 1. The Kier molecular flexibility index (Phi) is 7.39. The van der Waals surface area contributed by atoms with Crippen molar-refractivity contribution in [3.8, 4) is 17.2 Å². The molecule has 1 N–H and O–H groups in total. The number of nitrogens with zero attached hydrogens (tertiary/aromatic N) is 1. The highest BCUT2D eigenvalue weighted by molar-refractivity contribution is 5.77. The monoisotopic (exact) mass is 296 g/mol. The molecule has 0 heterocycles. The lowest BCUT2D eigenvalue weighted by Gasteiger charge is -2.13. The molecule has 0 aromatic heterocycles. The molecular formula is C15H24N2O4. The van der Waals surface area contributed by atoms with Gasteiger partial charge in [-0.15, -0.1) is 0 Å². The van der Waals surface area contributed by atoms with Gasteiger partial charge in [-0.2, -0.15) is 0 Å². The molecule has 1 aromatic carbocycles. The van der Waals surface area contributed by atoms with Crippen LogP contribution < -0.4 is 19.5 Å². The lowest BCUT2D eigenvalue weighted by molar-refractivity contribution is -0.123. The van der Waals surface area contributed by atoms with Crippen LogP contribution in [0.15, 0.2) is 18.2 Å². The Balaban J connectivity index is 2.42. The Morgan fingerprint density at radius 1 is 1.19 bits per heavy atom. The Hall–Kier alpha value is -1.95. The van der Waals surface area contributed by atoms with Crippen LogP contribution in [0.1, 0.15) is 6.42 Å². The average molecular weight is 296 g/mol. The van der Waals surface area contributed by atoms with Gasteiger partial charge in [0.15, 0.2) is 18.1 Å². The third kappa shape index (κ3) is 5.91. The van der Waals surface area contributed by atoms with Crippen LogP contribution in [0.25, 0.3) is 0 Å². The maximum atomic E-state index is 11.7. The zero-order chi connectivity index (χ0) is 15.7. The zero-order valence-corrected chi connectivity index (χ0v) is 13.1. The second-order valence-electron chi connectivity index (χ2n) is 4.79. The van der Waals surface area contributed by atoms with Gasteiger partial charge in [0.2, 0.25) is 5.75 Å². The summed E-state index contributed by atoms with van der Waals surface area (Å²) < 4.78 is 15.9. The van der Waals surface area contributed by atoms with Crippen LogP contribution in [0.4, 0.5) is 0 Å². The Labute approximate surface area is 126 Å². The maximum absolute atomic E-state index is 11.7. The molecule has 1 aromatic rings. The first kappa shape index (κ1) is 17.1. The van der Waals surface area contributed by atoms with Gasteiger partial charge in [-0.3, -0.25) is 4.79 Å². The summed E-state index contributed by atoms with van der Waals surface area (Å²) in [6, 6.07) is 5.29. The molecule has 0 aliphatic carbocycles. The predicted octanol–water partition coefficient (Wildman–Crippen LogP) is 1.15. The molecule has 6 nitrogen and oxygen atoms in total. The van der Waals surface area contributed by atoms with Crippen LogP contribution >= 0.6 is 0 Å². The van der Waals surface area contributed by atoms with Gasteiger partial charge in [-0.25, -0.2) is 0 Å². The quantitative estimate of drug-likeness (QED) is 0.693. The maximum Gasteiger partial charge on any atom is 0.257 e. The van der Waals surface area contributed by atoms with E-state index in [0.29, 0.717) is 23.8 Å². The van der Waals surface area contributed by atoms with Gasteiger partial charge in [-0.05, 0) is 39.2 Å². The molecule has 0 aliphatic heterocycles. The van der Waals surface area contributed by atoms with E-state index in [4.69, 9.17) is 14.2 Å². The lowest BCUT2D eigenvalue weighted by Crippen LogP contribution is -2.31. The van der Waals surface area contributed by atoms with Crippen LogP contribution in [0.2, 0.25) is 0 Å². The molecule has 0 atom stereocenters. The molecule has 1 amide bonds. The first-order chi connectivity index (χ1) is 10.1. The van der Waals surface area contributed by atoms with Gasteiger partial charge in [0.25, 0.3) is 5.91 Å². The molecule has 0 saturated heterocycles. The summed E-state index contributed by atoms with van der Waals surface area (Å²) in [4.78, 5) is 13.8. The van der Waals surface area contributed by atoms with Crippen molar-refractivity contribution in [2.24, 2.45) is 0 Å². The molecule has 0 unspecified atom stereocenters. The number of carbonyl (C=O) groups is 1. The van der Waals surface area contributed by atoms with E-state index >= 15 is 0 Å². The van der Waals surface area contributed by atoms with Crippen molar-refractivity contribution in [3.05, 3.63) is 18.2 Å². The first-order valence-corrected chi connectivity index (χ1v) is 6.83. The Morgan fingerprint density at radius 3 is 2.52 bits per heavy atom. The summed E-state index contributed by atoms with van der Waals surface area (Å²) in [5, 5.41) is 2.81. The van der Waals surface area contributed by atoms with Gasteiger partial charge >= 0.3 is 0 Å². The second kappa shape index (κ2) is 9.07. The van der Waals surface area contributed by atoms with Gasteiger partial charge in [0, 0.05) is 6.54 Å². The van der Waals surface area contributed by atoms with Crippen molar-refractivity contribution in [2.75, 3.05) is 48.0 Å². The molecule has 0 saturated carbocycles. The molecule has 0 bridgehead atoms. The third-order valence-corrected chi connectivity index (χ3v) is 2.83. The van der Waals surface area contributed by atoms with E-state index in [1.165, 1.54) is 7.11 Å². The number of methoxy groups -OCH3 is 2. The molecule has 118 valence electrons. The minimum Gasteiger partial charge on any atom is -0.493 e. The van der Waals surface area contributed by atoms with Gasteiger partial charge in [0.1, 0.15) is 0 Å². The summed E-state index contributed by atoms with van der Waals surface area (Å²) in [6.07, 6.45) is 0.904. The van der Waals surface area contributed by atoms with Crippen LogP contribution in [-0.2, 0) is 4.79 Å². The highest BCUT2D eigenvalue weighted by Gasteiger charge is 2.12. The molecule has 1 rings (SSSR count). The highest BCUT2D eigenvalue weighted by atomic mass is 16.5. The summed E-state index contributed by atoms with van der Waals surface area (Å²) in [5.74, 6) is 1.39. The normalized spacial score (nSPS) is 10.3. The number of para-hydroxylation sites is 1. The third-order valence-electron chi connectivity index (χ3n) is 2.83. The van der Waals surface area contributed by atoms with Crippen molar-refractivity contribution in [3.63, 3.8) is 0 Å². The highest BCUT2D eigenvalue weighted by Crippen LogP contribution is 2.36. The number of hydrogen-bond acceptors (Lipinski definition) is 5. The van der Waals surface area contributed by atoms with E-state index in [9.17, 15) is 4.79 Å². The standard InChI is InChI=1S/C15H24N2O4/c1-17(2)10-6-9-16-14(18)11-21-13-8-5-7-12(19-3)15(13)20-4/h5,7-8H,6,9-11H2,1-4H3,(H,16,18). The van der Waals surface area contributed by atoms with E-state index in [1.54, 1.807) is 25.3 Å². The number of rotatable bonds is 9. The molecule has 0 radical (unpaired) electrons. The fraction of sp³-hybridized carbons (Fsp3) is 0.533. The number of carbonyl (C=O) groups excluding carboxylic acids is 1. The fourth-order valence-corrected chi connectivity index (χ4v) is 1.79. The van der Waals surface area contributed by atoms with Crippen molar-refractivity contribution >= 4 is 5.91 Å². The molecule has 0 aliphatic rings. The Morgan fingerprint density at radius 2 is 1.90 bits per heavy atom. The molecule has 21 heavy (non-hydrogen) atoms. The largest absolute Gasteiger partial charge is 0.493 e. The summed E-state index contributed by atoms with van der Waals surface area (Å²) in [6.45, 7) is 1.52. The molecular weight excluding hydrogens is 272 g/mol. The number of benzene rings is 1. The average Bonchev–Trinajstić information content (AvgIpc) is 2.48. The molecule has 0 spiro atoms. The zero-order valence-electron chi connectivity index (χ0n) is 13.1. The number of ether oxygens (including phenoxy) is 3. The minimum atomic E-state index is -0.154. The molecule has 0 fully saturated rings. The molecule has 6 heteroatoms. The van der Waals surface area contributed by atoms with Crippen molar-refractivity contribution in [2.45, 2.75) is 6.42 Å².